The van der Waals surface area contributed by atoms with Crippen molar-refractivity contribution in [3.8, 4) is 16.9 Å². The van der Waals surface area contributed by atoms with Gasteiger partial charge in [0.15, 0.2) is 0 Å². The van der Waals surface area contributed by atoms with E-state index in [4.69, 9.17) is 4.74 Å². The number of ether oxygens (including phenoxy) is 1. The van der Waals surface area contributed by atoms with Crippen LogP contribution >= 0.6 is 0 Å². The SMILES string of the molecule is COc1ccc(Nc2nccc(C(=O)Nc3cnccc3-c3ccccc3)n2)cc1. The summed E-state index contributed by atoms with van der Waals surface area (Å²) in [5.41, 5.74) is 3.50. The molecule has 0 atom stereocenters. The number of nitrogens with zero attached hydrogens (tertiary/aromatic N) is 3. The first kappa shape index (κ1) is 19.1. The van der Waals surface area contributed by atoms with E-state index in [1.54, 1.807) is 25.6 Å². The monoisotopic (exact) mass is 397 g/mol. The number of rotatable bonds is 6. The van der Waals surface area contributed by atoms with Crippen LogP contribution in [-0.4, -0.2) is 28.0 Å². The Hall–Kier alpha value is -4.26. The number of amides is 1. The highest BCUT2D eigenvalue weighted by Crippen LogP contribution is 2.27. The van der Waals surface area contributed by atoms with Gasteiger partial charge in [-0.25, -0.2) is 9.97 Å². The van der Waals surface area contributed by atoms with Crippen LogP contribution in [0.25, 0.3) is 11.1 Å². The first-order valence-corrected chi connectivity index (χ1v) is 9.28. The lowest BCUT2D eigenvalue weighted by atomic mass is 10.1. The molecule has 7 heteroatoms. The molecule has 1 amide bonds. The van der Waals surface area contributed by atoms with Gasteiger partial charge in [-0.3, -0.25) is 9.78 Å². The van der Waals surface area contributed by atoms with E-state index in [9.17, 15) is 4.79 Å². The van der Waals surface area contributed by atoms with Crippen molar-refractivity contribution < 1.29 is 9.53 Å². The zero-order valence-electron chi connectivity index (χ0n) is 16.2. The van der Waals surface area contributed by atoms with E-state index in [1.165, 1.54) is 6.20 Å². The predicted octanol–water partition coefficient (Wildman–Crippen LogP) is 4.54. The Morgan fingerprint density at radius 1 is 0.933 bits per heavy atom. The quantitative estimate of drug-likeness (QED) is 0.496. The van der Waals surface area contributed by atoms with Crippen molar-refractivity contribution >= 4 is 23.2 Å². The molecule has 0 spiro atoms. The molecular formula is C23H19N5O2. The summed E-state index contributed by atoms with van der Waals surface area (Å²) in [4.78, 5) is 25.5. The molecule has 0 unspecified atom stereocenters. The highest BCUT2D eigenvalue weighted by molar-refractivity contribution is 6.05. The van der Waals surface area contributed by atoms with Crippen LogP contribution in [0.3, 0.4) is 0 Å². The molecule has 2 N–H and O–H groups in total. The molecule has 0 radical (unpaired) electrons. The van der Waals surface area contributed by atoms with Crippen LogP contribution < -0.4 is 15.4 Å². The lowest BCUT2D eigenvalue weighted by Gasteiger charge is -2.11. The number of carbonyl (C=O) groups excluding carboxylic acids is 1. The summed E-state index contributed by atoms with van der Waals surface area (Å²) in [6.07, 6.45) is 4.85. The molecule has 0 aliphatic heterocycles. The molecule has 0 bridgehead atoms. The van der Waals surface area contributed by atoms with E-state index in [2.05, 4.69) is 25.6 Å². The highest BCUT2D eigenvalue weighted by atomic mass is 16.5. The van der Waals surface area contributed by atoms with Crippen molar-refractivity contribution in [2.75, 3.05) is 17.7 Å². The molecule has 2 heterocycles. The standard InChI is InChI=1S/C23H19N5O2/c1-30-18-9-7-17(8-10-18)26-23-25-14-12-20(28-23)22(29)27-21-15-24-13-11-19(21)16-5-3-2-4-6-16/h2-15H,1H3,(H,27,29)(H,25,26,28). The fourth-order valence-corrected chi connectivity index (χ4v) is 2.90. The molecule has 0 aliphatic carbocycles. The smallest absolute Gasteiger partial charge is 0.274 e. The van der Waals surface area contributed by atoms with Gasteiger partial charge in [0.1, 0.15) is 11.4 Å². The van der Waals surface area contributed by atoms with Gasteiger partial charge in [-0.1, -0.05) is 30.3 Å². The van der Waals surface area contributed by atoms with Crippen molar-refractivity contribution in [2.24, 2.45) is 0 Å². The number of carbonyl (C=O) groups is 1. The minimum Gasteiger partial charge on any atom is -0.497 e. The number of benzene rings is 2. The van der Waals surface area contributed by atoms with E-state index in [0.717, 1.165) is 22.6 Å². The van der Waals surface area contributed by atoms with Crippen LogP contribution in [0, 0.1) is 0 Å². The van der Waals surface area contributed by atoms with Crippen molar-refractivity contribution in [1.29, 1.82) is 0 Å². The summed E-state index contributed by atoms with van der Waals surface area (Å²) in [5.74, 6) is 0.725. The molecular weight excluding hydrogens is 378 g/mol. The van der Waals surface area contributed by atoms with Gasteiger partial charge in [-0.05, 0) is 42.0 Å². The molecule has 2 aromatic carbocycles. The van der Waals surface area contributed by atoms with Gasteiger partial charge in [-0.2, -0.15) is 0 Å². The molecule has 148 valence electrons. The maximum Gasteiger partial charge on any atom is 0.274 e. The van der Waals surface area contributed by atoms with Crippen molar-refractivity contribution in [2.45, 2.75) is 0 Å². The van der Waals surface area contributed by atoms with Gasteiger partial charge in [0.25, 0.3) is 5.91 Å². The number of hydrogen-bond acceptors (Lipinski definition) is 6. The van der Waals surface area contributed by atoms with Gasteiger partial charge < -0.3 is 15.4 Å². The number of aromatic nitrogens is 3. The van der Waals surface area contributed by atoms with Crippen LogP contribution in [0.2, 0.25) is 0 Å². The van der Waals surface area contributed by atoms with Gasteiger partial charge >= 0.3 is 0 Å². The van der Waals surface area contributed by atoms with Gasteiger partial charge in [0, 0.05) is 23.6 Å². The van der Waals surface area contributed by atoms with Crippen LogP contribution in [0.4, 0.5) is 17.3 Å². The maximum absolute atomic E-state index is 12.8. The topological polar surface area (TPSA) is 89.0 Å². The first-order chi connectivity index (χ1) is 14.7. The van der Waals surface area contributed by atoms with Crippen LogP contribution in [0.5, 0.6) is 5.75 Å². The molecule has 0 saturated heterocycles. The zero-order valence-corrected chi connectivity index (χ0v) is 16.2. The molecule has 7 nitrogen and oxygen atoms in total. The van der Waals surface area contributed by atoms with Gasteiger partial charge in [0.05, 0.1) is 19.0 Å². The summed E-state index contributed by atoms with van der Waals surface area (Å²) in [7, 11) is 1.61. The predicted molar refractivity (Wildman–Crippen MR) is 116 cm³/mol. The largest absolute Gasteiger partial charge is 0.497 e. The van der Waals surface area contributed by atoms with E-state index < -0.39 is 0 Å². The summed E-state index contributed by atoms with van der Waals surface area (Å²) in [5, 5.41) is 5.98. The summed E-state index contributed by atoms with van der Waals surface area (Å²) >= 11 is 0. The minimum atomic E-state index is -0.347. The first-order valence-electron chi connectivity index (χ1n) is 9.28. The zero-order chi connectivity index (χ0) is 20.8. The van der Waals surface area contributed by atoms with Gasteiger partial charge in [0.2, 0.25) is 5.95 Å². The highest BCUT2D eigenvalue weighted by Gasteiger charge is 2.13. The Kier molecular flexibility index (Phi) is 5.61. The fraction of sp³-hybridized carbons (Fsp3) is 0.0435. The number of anilines is 3. The van der Waals surface area contributed by atoms with E-state index >= 15 is 0 Å². The van der Waals surface area contributed by atoms with Crippen LogP contribution in [0.15, 0.2) is 85.3 Å². The van der Waals surface area contributed by atoms with E-state index in [1.807, 2.05) is 60.7 Å². The van der Waals surface area contributed by atoms with Gasteiger partial charge in [-0.15, -0.1) is 0 Å². The molecule has 0 saturated carbocycles. The van der Waals surface area contributed by atoms with E-state index in [-0.39, 0.29) is 11.6 Å². The fourth-order valence-electron chi connectivity index (χ4n) is 2.90. The third-order valence-electron chi connectivity index (χ3n) is 4.39. The van der Waals surface area contributed by atoms with E-state index in [0.29, 0.717) is 11.6 Å². The Morgan fingerprint density at radius 3 is 2.50 bits per heavy atom. The molecule has 4 aromatic rings. The number of methoxy groups -OCH3 is 1. The Morgan fingerprint density at radius 2 is 1.73 bits per heavy atom. The van der Waals surface area contributed by atoms with Crippen molar-refractivity contribution in [1.82, 2.24) is 15.0 Å². The number of pyridine rings is 1. The normalized spacial score (nSPS) is 10.3. The number of hydrogen-bond donors (Lipinski definition) is 2. The lowest BCUT2D eigenvalue weighted by molar-refractivity contribution is 0.102. The molecule has 0 aliphatic rings. The second kappa shape index (κ2) is 8.83. The Labute approximate surface area is 173 Å². The second-order valence-corrected chi connectivity index (χ2v) is 6.36. The van der Waals surface area contributed by atoms with Crippen LogP contribution in [0.1, 0.15) is 10.5 Å². The number of nitrogens with one attached hydrogen (secondary N) is 2. The Bertz CT molecular complexity index is 1150. The second-order valence-electron chi connectivity index (χ2n) is 6.36. The maximum atomic E-state index is 12.8. The third-order valence-corrected chi connectivity index (χ3v) is 4.39. The summed E-state index contributed by atoms with van der Waals surface area (Å²) in [6.45, 7) is 0. The molecule has 0 fully saturated rings. The summed E-state index contributed by atoms with van der Waals surface area (Å²) in [6, 6.07) is 20.6. The average molecular weight is 397 g/mol. The molecule has 4 rings (SSSR count). The van der Waals surface area contributed by atoms with Crippen molar-refractivity contribution in [3.05, 3.63) is 91.0 Å². The lowest BCUT2D eigenvalue weighted by Crippen LogP contribution is -2.15. The third kappa shape index (κ3) is 4.41. The molecule has 30 heavy (non-hydrogen) atoms. The minimum absolute atomic E-state index is 0.240. The Balaban J connectivity index is 1.53. The van der Waals surface area contributed by atoms with Crippen molar-refractivity contribution in [3.63, 3.8) is 0 Å². The average Bonchev–Trinajstić information content (AvgIpc) is 2.81. The van der Waals surface area contributed by atoms with Crippen LogP contribution in [-0.2, 0) is 0 Å². The summed E-state index contributed by atoms with van der Waals surface area (Å²) < 4.78 is 5.15. The molecule has 2 aromatic heterocycles.